The van der Waals surface area contributed by atoms with Gasteiger partial charge in [0.25, 0.3) is 11.8 Å². The number of imide groups is 2. The highest BCUT2D eigenvalue weighted by Gasteiger charge is 2.46. The summed E-state index contributed by atoms with van der Waals surface area (Å²) in [7, 11) is 0. The van der Waals surface area contributed by atoms with Crippen LogP contribution in [0.5, 0.6) is 0 Å². The highest BCUT2D eigenvalue weighted by Crippen LogP contribution is 2.31. The summed E-state index contributed by atoms with van der Waals surface area (Å²) in [6.45, 7) is -0.445. The van der Waals surface area contributed by atoms with Crippen LogP contribution >= 0.6 is 0 Å². The molecule has 0 radical (unpaired) electrons. The first-order valence-corrected chi connectivity index (χ1v) is 7.25. The van der Waals surface area contributed by atoms with Crippen molar-refractivity contribution >= 4 is 35.3 Å². The fourth-order valence-electron chi connectivity index (χ4n) is 2.74. The van der Waals surface area contributed by atoms with Crippen LogP contribution in [0, 0.1) is 0 Å². The van der Waals surface area contributed by atoms with Gasteiger partial charge in [0.1, 0.15) is 6.54 Å². The number of aliphatic carboxylic acids is 1. The molecule has 0 aromatic heterocycles. The number of nitrogens with zero attached hydrogens (tertiary/aromatic N) is 2. The number of rotatable bonds is 4. The zero-order chi connectivity index (χ0) is 17.4. The number of hydrogen-bond donors (Lipinski definition) is 2. The normalized spacial score (nSPS) is 17.3. The third-order valence-corrected chi connectivity index (χ3v) is 3.78. The van der Waals surface area contributed by atoms with Crippen molar-refractivity contribution < 1.29 is 29.1 Å². The van der Waals surface area contributed by atoms with E-state index in [9.17, 15) is 24.0 Å². The second kappa shape index (κ2) is 5.76. The average molecular weight is 331 g/mol. The number of carboxylic acid groups (broad SMARTS) is 1. The molecule has 1 fully saturated rings. The lowest BCUT2D eigenvalue weighted by Crippen LogP contribution is -2.54. The molecule has 2 aliphatic rings. The van der Waals surface area contributed by atoms with E-state index >= 15 is 0 Å². The Balaban J connectivity index is 1.99. The maximum Gasteiger partial charge on any atom is 0.322 e. The number of carbonyl (C=O) groups excluding carboxylic acids is 4. The number of benzene rings is 1. The number of piperidine rings is 1. The van der Waals surface area contributed by atoms with Gasteiger partial charge < -0.3 is 10.4 Å². The Bertz CT molecular complexity index is 771. The Morgan fingerprint density at radius 2 is 1.71 bits per heavy atom. The van der Waals surface area contributed by atoms with E-state index in [2.05, 4.69) is 5.32 Å². The topological polar surface area (TPSA) is 124 Å². The van der Waals surface area contributed by atoms with Gasteiger partial charge in [-0.15, -0.1) is 0 Å². The monoisotopic (exact) mass is 331 g/mol. The van der Waals surface area contributed by atoms with Crippen molar-refractivity contribution in [2.75, 3.05) is 11.9 Å². The summed E-state index contributed by atoms with van der Waals surface area (Å²) in [5, 5.41) is 12.4. The Morgan fingerprint density at radius 1 is 1.04 bits per heavy atom. The van der Waals surface area contributed by atoms with Crippen molar-refractivity contribution in [3.05, 3.63) is 29.3 Å². The van der Waals surface area contributed by atoms with Gasteiger partial charge >= 0.3 is 5.97 Å². The molecule has 2 N–H and O–H groups in total. The maximum atomic E-state index is 12.6. The van der Waals surface area contributed by atoms with E-state index in [0.29, 0.717) is 16.4 Å². The second-order valence-corrected chi connectivity index (χ2v) is 5.35. The molecule has 1 aromatic carbocycles. The lowest BCUT2D eigenvalue weighted by molar-refractivity contribution is -0.160. The summed E-state index contributed by atoms with van der Waals surface area (Å²) in [6, 6.07) is 4.33. The minimum absolute atomic E-state index is 0.0153. The first-order valence-electron chi connectivity index (χ1n) is 7.25. The van der Waals surface area contributed by atoms with Crippen LogP contribution in [0.1, 0.15) is 40.0 Å². The van der Waals surface area contributed by atoms with Crippen LogP contribution in [0.4, 0.5) is 5.69 Å². The Morgan fingerprint density at radius 3 is 2.33 bits per heavy atom. The zero-order valence-electron chi connectivity index (χ0n) is 12.4. The quantitative estimate of drug-likeness (QED) is 0.757. The molecule has 0 atom stereocenters. The van der Waals surface area contributed by atoms with Gasteiger partial charge in [0, 0.05) is 18.5 Å². The predicted octanol–water partition coefficient (Wildman–Crippen LogP) is 0.233. The lowest BCUT2D eigenvalue weighted by atomic mass is 10.1. The number of carbonyl (C=O) groups is 5. The van der Waals surface area contributed by atoms with Crippen LogP contribution in [-0.2, 0) is 14.4 Å². The largest absolute Gasteiger partial charge is 0.480 e. The summed E-state index contributed by atoms with van der Waals surface area (Å²) >= 11 is 0. The highest BCUT2D eigenvalue weighted by atomic mass is 16.4. The molecule has 9 nitrogen and oxygen atoms in total. The van der Waals surface area contributed by atoms with E-state index in [1.165, 1.54) is 18.2 Å². The molecule has 0 bridgehead atoms. The minimum Gasteiger partial charge on any atom is -0.480 e. The molecule has 3 rings (SSSR count). The molecule has 1 saturated heterocycles. The number of hydrogen-bond acceptors (Lipinski definition) is 6. The van der Waals surface area contributed by atoms with E-state index in [0.717, 1.165) is 0 Å². The van der Waals surface area contributed by atoms with Gasteiger partial charge in [-0.25, -0.2) is 0 Å². The fraction of sp³-hybridized carbons (Fsp3) is 0.267. The van der Waals surface area contributed by atoms with Crippen LogP contribution in [0.3, 0.4) is 0 Å². The highest BCUT2D eigenvalue weighted by molar-refractivity contribution is 6.25. The van der Waals surface area contributed by atoms with Gasteiger partial charge in [-0.1, -0.05) is 6.07 Å². The fourth-order valence-corrected chi connectivity index (χ4v) is 2.74. The minimum atomic E-state index is -1.14. The number of fused-ring (bicyclic) bond motifs is 1. The SMILES string of the molecule is O=C(O)CNc1cccc2c1C(=O)N(N1C(=O)CCCC1=O)C2=O. The van der Waals surface area contributed by atoms with Gasteiger partial charge in [-0.3, -0.25) is 24.0 Å². The molecule has 4 amide bonds. The van der Waals surface area contributed by atoms with Crippen LogP contribution in [0.2, 0.25) is 0 Å². The van der Waals surface area contributed by atoms with Gasteiger partial charge in [-0.2, -0.15) is 10.0 Å². The van der Waals surface area contributed by atoms with Crippen molar-refractivity contribution in [3.8, 4) is 0 Å². The molecule has 0 aliphatic carbocycles. The van der Waals surface area contributed by atoms with E-state index in [-0.39, 0.29) is 29.7 Å². The van der Waals surface area contributed by atoms with Crippen molar-refractivity contribution in [3.63, 3.8) is 0 Å². The molecule has 0 saturated carbocycles. The van der Waals surface area contributed by atoms with Gasteiger partial charge in [0.05, 0.1) is 11.1 Å². The molecule has 1 aromatic rings. The molecule has 2 aliphatic heterocycles. The summed E-state index contributed by atoms with van der Waals surface area (Å²) in [4.78, 5) is 59.8. The van der Waals surface area contributed by atoms with Crippen LogP contribution in [0.25, 0.3) is 0 Å². The van der Waals surface area contributed by atoms with E-state index < -0.39 is 36.1 Å². The van der Waals surface area contributed by atoms with Crippen molar-refractivity contribution in [1.82, 2.24) is 10.0 Å². The predicted molar refractivity (Wildman–Crippen MR) is 78.8 cm³/mol. The zero-order valence-corrected chi connectivity index (χ0v) is 12.4. The third kappa shape index (κ3) is 2.39. The molecule has 0 spiro atoms. The average Bonchev–Trinajstić information content (AvgIpc) is 2.78. The summed E-state index contributed by atoms with van der Waals surface area (Å²) in [5.41, 5.74) is 0.129. The number of nitrogens with one attached hydrogen (secondary N) is 1. The van der Waals surface area contributed by atoms with E-state index in [1.807, 2.05) is 0 Å². The molecule has 2 heterocycles. The second-order valence-electron chi connectivity index (χ2n) is 5.35. The van der Waals surface area contributed by atoms with Gasteiger partial charge in [-0.05, 0) is 18.6 Å². The van der Waals surface area contributed by atoms with E-state index in [4.69, 9.17) is 5.11 Å². The number of carboxylic acids is 1. The lowest BCUT2D eigenvalue weighted by Gasteiger charge is -2.30. The summed E-state index contributed by atoms with van der Waals surface area (Å²) in [5.74, 6) is -3.96. The van der Waals surface area contributed by atoms with E-state index in [1.54, 1.807) is 0 Å². The van der Waals surface area contributed by atoms with Gasteiger partial charge in [0.15, 0.2) is 0 Å². The van der Waals surface area contributed by atoms with Crippen molar-refractivity contribution in [2.45, 2.75) is 19.3 Å². The van der Waals surface area contributed by atoms with Crippen molar-refractivity contribution in [1.29, 1.82) is 0 Å². The molecule has 9 heteroatoms. The molecule has 124 valence electrons. The van der Waals surface area contributed by atoms with Crippen LogP contribution in [-0.4, -0.2) is 51.3 Å². The van der Waals surface area contributed by atoms with Gasteiger partial charge in [0.2, 0.25) is 11.8 Å². The number of amides is 4. The van der Waals surface area contributed by atoms with Crippen LogP contribution in [0.15, 0.2) is 18.2 Å². The molecule has 24 heavy (non-hydrogen) atoms. The first kappa shape index (κ1) is 15.7. The smallest absolute Gasteiger partial charge is 0.322 e. The Kier molecular flexibility index (Phi) is 3.76. The standard InChI is InChI=1S/C15H13N3O6/c19-10-5-2-6-11(20)17(10)18-14(23)8-3-1-4-9(13(8)15(18)24)16-7-12(21)22/h1,3-4,16H,2,5-7H2,(H,21,22). The van der Waals surface area contributed by atoms with Crippen molar-refractivity contribution in [2.24, 2.45) is 0 Å². The number of anilines is 1. The Hall–Kier alpha value is -3.23. The molecular formula is C15H13N3O6. The number of hydrazine groups is 1. The molecule has 0 unspecified atom stereocenters. The maximum absolute atomic E-state index is 12.6. The molecular weight excluding hydrogens is 318 g/mol. The third-order valence-electron chi connectivity index (χ3n) is 3.78. The summed E-state index contributed by atoms with van der Waals surface area (Å²) in [6.07, 6.45) is 0.523. The summed E-state index contributed by atoms with van der Waals surface area (Å²) < 4.78 is 0. The van der Waals surface area contributed by atoms with Crippen LogP contribution < -0.4 is 5.32 Å². The Labute approximate surface area is 135 Å². The first-order chi connectivity index (χ1) is 11.4.